The standard InChI is InChI=1S/C37H41N3O7/c1-6-46-27-11-9-26(10-12-27)38-16-18-39(19-17-38)36(42)29-20-25(8-13-30(29)41)33-23(3)40-15-14-24-21-31(44-4)32(45-5)22-28(24)35(40)34(33)37(43)47-7-2/h8-13,20-22,41H,6-7,14-19H2,1-5H3. The summed E-state index contributed by atoms with van der Waals surface area (Å²) in [5, 5.41) is 10.9. The lowest BCUT2D eigenvalue weighted by atomic mass is 9.92. The van der Waals surface area contributed by atoms with E-state index in [0.717, 1.165) is 40.4 Å². The van der Waals surface area contributed by atoms with Crippen LogP contribution in [0.1, 0.15) is 45.8 Å². The molecule has 47 heavy (non-hydrogen) atoms. The molecule has 2 aliphatic heterocycles. The molecule has 0 spiro atoms. The number of benzene rings is 3. The highest BCUT2D eigenvalue weighted by Crippen LogP contribution is 2.46. The highest BCUT2D eigenvalue weighted by atomic mass is 16.5. The van der Waals surface area contributed by atoms with Crippen molar-refractivity contribution in [2.45, 2.75) is 33.7 Å². The average Bonchev–Trinajstić information content (AvgIpc) is 3.40. The van der Waals surface area contributed by atoms with Crippen LogP contribution in [0.3, 0.4) is 0 Å². The van der Waals surface area contributed by atoms with Crippen molar-refractivity contribution in [2.24, 2.45) is 0 Å². The Morgan fingerprint density at radius 3 is 2.21 bits per heavy atom. The third-order valence-corrected chi connectivity index (χ3v) is 9.07. The number of piperazine rings is 1. The number of esters is 1. The molecule has 1 aromatic heterocycles. The first-order valence-electron chi connectivity index (χ1n) is 16.0. The van der Waals surface area contributed by atoms with Crippen molar-refractivity contribution in [1.29, 1.82) is 0 Å². The second-order valence-electron chi connectivity index (χ2n) is 11.6. The number of hydrogen-bond donors (Lipinski definition) is 1. The van der Waals surface area contributed by atoms with Crippen LogP contribution < -0.4 is 19.1 Å². The van der Waals surface area contributed by atoms with Gasteiger partial charge in [-0.3, -0.25) is 4.79 Å². The molecule has 0 atom stereocenters. The quantitative estimate of drug-likeness (QED) is 0.224. The lowest BCUT2D eigenvalue weighted by molar-refractivity contribution is 0.0527. The Bertz CT molecular complexity index is 1800. The van der Waals surface area contributed by atoms with E-state index < -0.39 is 5.97 Å². The Labute approximate surface area is 275 Å². The summed E-state index contributed by atoms with van der Waals surface area (Å²) in [7, 11) is 3.19. The van der Waals surface area contributed by atoms with Gasteiger partial charge in [-0.25, -0.2) is 4.79 Å². The lowest BCUT2D eigenvalue weighted by Crippen LogP contribution is -2.48. The van der Waals surface area contributed by atoms with Crippen LogP contribution in [-0.4, -0.2) is 80.1 Å². The number of hydrogen-bond acceptors (Lipinski definition) is 8. The smallest absolute Gasteiger partial charge is 0.340 e. The van der Waals surface area contributed by atoms with Gasteiger partial charge in [-0.1, -0.05) is 6.07 Å². The SMILES string of the molecule is CCOC(=O)c1c(-c2ccc(O)c(C(=O)N3CCN(c4ccc(OCC)cc4)CC3)c2)c(C)n2c1-c1cc(OC)c(OC)cc1CC2. The molecule has 1 fully saturated rings. The van der Waals surface area contributed by atoms with E-state index in [9.17, 15) is 14.7 Å². The number of phenolic OH excluding ortho intramolecular Hbond substituents is 1. The predicted octanol–water partition coefficient (Wildman–Crippen LogP) is 5.95. The second-order valence-corrected chi connectivity index (χ2v) is 11.6. The van der Waals surface area contributed by atoms with Gasteiger partial charge in [0.1, 0.15) is 11.5 Å². The summed E-state index contributed by atoms with van der Waals surface area (Å²) in [4.78, 5) is 31.6. The van der Waals surface area contributed by atoms with Gasteiger partial charge < -0.3 is 38.4 Å². The van der Waals surface area contributed by atoms with E-state index in [1.165, 1.54) is 6.07 Å². The van der Waals surface area contributed by atoms with Crippen LogP contribution in [-0.2, 0) is 17.7 Å². The molecule has 0 aliphatic carbocycles. The Kier molecular flexibility index (Phi) is 9.02. The van der Waals surface area contributed by atoms with Crippen molar-refractivity contribution < 1.29 is 33.6 Å². The van der Waals surface area contributed by atoms with E-state index in [1.54, 1.807) is 38.2 Å². The number of aromatic nitrogens is 1. The van der Waals surface area contributed by atoms with Gasteiger partial charge in [0.05, 0.1) is 44.3 Å². The van der Waals surface area contributed by atoms with E-state index in [1.807, 2.05) is 50.2 Å². The first-order chi connectivity index (χ1) is 22.8. The number of aromatic hydroxyl groups is 1. The molecule has 10 nitrogen and oxygen atoms in total. The van der Waals surface area contributed by atoms with Crippen molar-refractivity contribution in [2.75, 3.05) is 58.5 Å². The molecule has 6 rings (SSSR count). The number of nitrogens with zero attached hydrogens (tertiary/aromatic N) is 3. The van der Waals surface area contributed by atoms with E-state index in [0.29, 0.717) is 67.5 Å². The number of ether oxygens (including phenoxy) is 4. The minimum absolute atomic E-state index is 0.103. The van der Waals surface area contributed by atoms with Gasteiger partial charge in [0.25, 0.3) is 5.91 Å². The zero-order valence-corrected chi connectivity index (χ0v) is 27.6. The van der Waals surface area contributed by atoms with Gasteiger partial charge >= 0.3 is 5.97 Å². The molecule has 0 radical (unpaired) electrons. The van der Waals surface area contributed by atoms with Crippen LogP contribution in [0.5, 0.6) is 23.0 Å². The normalized spacial score (nSPS) is 13.9. The van der Waals surface area contributed by atoms with Crippen LogP contribution >= 0.6 is 0 Å². The van der Waals surface area contributed by atoms with Crippen LogP contribution in [0.15, 0.2) is 54.6 Å². The number of carbonyl (C=O) groups excluding carboxylic acids is 2. The zero-order valence-electron chi connectivity index (χ0n) is 27.6. The molecule has 3 heterocycles. The van der Waals surface area contributed by atoms with Gasteiger partial charge in [-0.05, 0) is 86.8 Å². The molecule has 2 aliphatic rings. The number of phenols is 1. The summed E-state index contributed by atoms with van der Waals surface area (Å²) < 4.78 is 24.5. The summed E-state index contributed by atoms with van der Waals surface area (Å²) >= 11 is 0. The molecule has 0 saturated carbocycles. The van der Waals surface area contributed by atoms with Crippen molar-refractivity contribution in [3.8, 4) is 45.4 Å². The van der Waals surface area contributed by atoms with Crippen LogP contribution in [0.25, 0.3) is 22.4 Å². The maximum Gasteiger partial charge on any atom is 0.340 e. The Morgan fingerprint density at radius 2 is 1.55 bits per heavy atom. The summed E-state index contributed by atoms with van der Waals surface area (Å²) in [6, 6.07) is 16.8. The molecule has 10 heteroatoms. The van der Waals surface area contributed by atoms with E-state index in [2.05, 4.69) is 9.47 Å². The summed E-state index contributed by atoms with van der Waals surface area (Å²) in [6.45, 7) is 9.52. The van der Waals surface area contributed by atoms with Crippen LogP contribution in [0, 0.1) is 6.92 Å². The van der Waals surface area contributed by atoms with E-state index in [-0.39, 0.29) is 23.8 Å². The Balaban J connectivity index is 1.34. The second kappa shape index (κ2) is 13.3. The topological polar surface area (TPSA) is 103 Å². The van der Waals surface area contributed by atoms with Gasteiger partial charge in [0.15, 0.2) is 11.5 Å². The number of aryl methyl sites for hydroxylation is 1. The van der Waals surface area contributed by atoms with Gasteiger partial charge in [0.2, 0.25) is 0 Å². The monoisotopic (exact) mass is 639 g/mol. The number of fused-ring (bicyclic) bond motifs is 3. The summed E-state index contributed by atoms with van der Waals surface area (Å²) in [6.07, 6.45) is 0.738. The lowest BCUT2D eigenvalue weighted by Gasteiger charge is -2.36. The maximum absolute atomic E-state index is 13.9. The van der Waals surface area contributed by atoms with E-state index in [4.69, 9.17) is 18.9 Å². The predicted molar refractivity (Wildman–Crippen MR) is 180 cm³/mol. The molecule has 0 bridgehead atoms. The maximum atomic E-state index is 13.9. The molecular weight excluding hydrogens is 598 g/mol. The molecule has 0 unspecified atom stereocenters. The largest absolute Gasteiger partial charge is 0.507 e. The van der Waals surface area contributed by atoms with Gasteiger partial charge in [-0.2, -0.15) is 0 Å². The zero-order chi connectivity index (χ0) is 33.2. The number of carbonyl (C=O) groups is 2. The molecular formula is C37H41N3O7. The minimum Gasteiger partial charge on any atom is -0.507 e. The van der Waals surface area contributed by atoms with Crippen LogP contribution in [0.2, 0.25) is 0 Å². The summed E-state index contributed by atoms with van der Waals surface area (Å²) in [5.41, 5.74) is 6.54. The third kappa shape index (κ3) is 5.84. The van der Waals surface area contributed by atoms with Gasteiger partial charge in [0, 0.05) is 55.2 Å². The molecule has 1 saturated heterocycles. The van der Waals surface area contributed by atoms with Crippen LogP contribution in [0.4, 0.5) is 5.69 Å². The number of methoxy groups -OCH3 is 2. The van der Waals surface area contributed by atoms with Crippen molar-refractivity contribution >= 4 is 17.6 Å². The number of rotatable bonds is 9. The fourth-order valence-electron chi connectivity index (χ4n) is 6.75. The average molecular weight is 640 g/mol. The van der Waals surface area contributed by atoms with Crippen molar-refractivity contribution in [3.05, 3.63) is 77.0 Å². The summed E-state index contributed by atoms with van der Waals surface area (Å²) in [5.74, 6) is 1.22. The Morgan fingerprint density at radius 1 is 0.851 bits per heavy atom. The molecule has 4 aromatic rings. The highest BCUT2D eigenvalue weighted by Gasteiger charge is 2.33. The first kappa shape index (κ1) is 31.8. The number of anilines is 1. The molecule has 246 valence electrons. The first-order valence-corrected chi connectivity index (χ1v) is 16.0. The van der Waals surface area contributed by atoms with Crippen molar-refractivity contribution in [1.82, 2.24) is 9.47 Å². The highest BCUT2D eigenvalue weighted by molar-refractivity contribution is 6.06. The fourth-order valence-corrected chi connectivity index (χ4v) is 6.75. The molecule has 3 aromatic carbocycles. The molecule has 1 amide bonds. The molecule has 1 N–H and O–H groups in total. The minimum atomic E-state index is -0.451. The third-order valence-electron chi connectivity index (χ3n) is 9.07. The van der Waals surface area contributed by atoms with E-state index >= 15 is 0 Å². The van der Waals surface area contributed by atoms with Crippen molar-refractivity contribution in [3.63, 3.8) is 0 Å². The van der Waals surface area contributed by atoms with Gasteiger partial charge in [-0.15, -0.1) is 0 Å². The number of amides is 1. The Hall–Kier alpha value is -5.12. The fraction of sp³-hybridized carbons (Fsp3) is 0.351.